The highest BCUT2D eigenvalue weighted by molar-refractivity contribution is 6.31. The minimum Gasteiger partial charge on any atom is -0.205 e. The van der Waals surface area contributed by atoms with Gasteiger partial charge in [-0.25, -0.2) is 4.39 Å². The van der Waals surface area contributed by atoms with Gasteiger partial charge in [0.2, 0.25) is 0 Å². The van der Waals surface area contributed by atoms with Crippen LogP contribution in [0.5, 0.6) is 0 Å². The zero-order valence-electron chi connectivity index (χ0n) is 5.62. The van der Waals surface area contributed by atoms with E-state index in [0.29, 0.717) is 0 Å². The monoisotopic (exact) mass is 198 g/mol. The molecule has 0 atom stereocenters. The summed E-state index contributed by atoms with van der Waals surface area (Å²) in [5.41, 5.74) is -1.15. The number of hydrogen-bond donors (Lipinski definition) is 0. The molecule has 0 saturated heterocycles. The molecule has 0 amide bonds. The number of alkyl halides is 3. The van der Waals surface area contributed by atoms with Gasteiger partial charge in [0, 0.05) is 0 Å². The van der Waals surface area contributed by atoms with Crippen molar-refractivity contribution in [3.05, 3.63) is 34.6 Å². The first-order valence-corrected chi connectivity index (χ1v) is 3.32. The van der Waals surface area contributed by atoms with Gasteiger partial charge in [-0.1, -0.05) is 17.7 Å². The Kier molecular flexibility index (Phi) is 2.28. The maximum atomic E-state index is 12.5. The van der Waals surface area contributed by atoms with Crippen molar-refractivity contribution in [3.63, 3.8) is 0 Å². The fourth-order valence-electron chi connectivity index (χ4n) is 0.723. The van der Waals surface area contributed by atoms with Crippen molar-refractivity contribution in [2.75, 3.05) is 0 Å². The fourth-order valence-corrected chi connectivity index (χ4v) is 0.956. The zero-order valence-corrected chi connectivity index (χ0v) is 6.38. The molecule has 0 aliphatic rings. The topological polar surface area (TPSA) is 0 Å². The van der Waals surface area contributed by atoms with Gasteiger partial charge in [0.25, 0.3) is 0 Å². The SMILES string of the molecule is Fc1cccc(C(F)(F)F)c1Cl. The quantitative estimate of drug-likeness (QED) is 0.560. The first-order valence-electron chi connectivity index (χ1n) is 2.94. The van der Waals surface area contributed by atoms with Gasteiger partial charge in [0.1, 0.15) is 5.82 Å². The lowest BCUT2D eigenvalue weighted by molar-refractivity contribution is -0.137. The fraction of sp³-hybridized carbons (Fsp3) is 0.143. The molecule has 0 aliphatic carbocycles. The van der Waals surface area contributed by atoms with Crippen molar-refractivity contribution in [2.45, 2.75) is 6.18 Å². The van der Waals surface area contributed by atoms with Crippen LogP contribution < -0.4 is 0 Å². The Hall–Kier alpha value is -0.770. The summed E-state index contributed by atoms with van der Waals surface area (Å²) in [6, 6.07) is 2.56. The van der Waals surface area contributed by atoms with E-state index in [0.717, 1.165) is 18.2 Å². The molecule has 1 rings (SSSR count). The molecule has 0 N–H and O–H groups in total. The summed E-state index contributed by atoms with van der Waals surface area (Å²) in [7, 11) is 0. The summed E-state index contributed by atoms with van der Waals surface area (Å²) in [6.07, 6.45) is -4.60. The molecule has 0 unspecified atom stereocenters. The van der Waals surface area contributed by atoms with Crippen molar-refractivity contribution >= 4 is 11.6 Å². The molecule has 66 valence electrons. The first-order chi connectivity index (χ1) is 5.43. The second kappa shape index (κ2) is 2.94. The maximum Gasteiger partial charge on any atom is 0.417 e. The molecule has 0 radical (unpaired) electrons. The summed E-state index contributed by atoms with van der Waals surface area (Å²) in [6.45, 7) is 0. The second-order valence-electron chi connectivity index (χ2n) is 2.10. The molecule has 0 spiro atoms. The van der Waals surface area contributed by atoms with Crippen LogP contribution in [-0.4, -0.2) is 0 Å². The van der Waals surface area contributed by atoms with E-state index in [2.05, 4.69) is 0 Å². The third kappa shape index (κ3) is 1.69. The van der Waals surface area contributed by atoms with E-state index in [1.165, 1.54) is 0 Å². The molecular formula is C7H3ClF4. The molecule has 0 nitrogen and oxygen atoms in total. The van der Waals surface area contributed by atoms with E-state index in [-0.39, 0.29) is 0 Å². The van der Waals surface area contributed by atoms with Crippen LogP contribution in [0.1, 0.15) is 5.56 Å². The average molecular weight is 199 g/mol. The Morgan fingerprint density at radius 2 is 1.75 bits per heavy atom. The van der Waals surface area contributed by atoms with Gasteiger partial charge in [-0.05, 0) is 12.1 Å². The van der Waals surface area contributed by atoms with E-state index < -0.39 is 22.6 Å². The molecule has 0 aromatic heterocycles. The van der Waals surface area contributed by atoms with E-state index in [9.17, 15) is 17.6 Å². The molecule has 0 saturated carbocycles. The number of halogens is 5. The van der Waals surface area contributed by atoms with Crippen molar-refractivity contribution < 1.29 is 17.6 Å². The van der Waals surface area contributed by atoms with Crippen LogP contribution in [0.15, 0.2) is 18.2 Å². The van der Waals surface area contributed by atoms with Crippen molar-refractivity contribution in [1.29, 1.82) is 0 Å². The normalized spacial score (nSPS) is 11.8. The molecule has 0 fully saturated rings. The van der Waals surface area contributed by atoms with Gasteiger partial charge < -0.3 is 0 Å². The molecule has 12 heavy (non-hydrogen) atoms. The summed E-state index contributed by atoms with van der Waals surface area (Å²) in [5, 5.41) is -0.884. The van der Waals surface area contributed by atoms with Gasteiger partial charge in [0.15, 0.2) is 0 Å². The Labute approximate surface area is 70.8 Å². The molecule has 0 heterocycles. The lowest BCUT2D eigenvalue weighted by Crippen LogP contribution is -2.06. The summed E-state index contributed by atoms with van der Waals surface area (Å²) in [4.78, 5) is 0. The predicted octanol–water partition coefficient (Wildman–Crippen LogP) is 3.50. The lowest BCUT2D eigenvalue weighted by Gasteiger charge is -2.07. The van der Waals surface area contributed by atoms with Gasteiger partial charge in [-0.2, -0.15) is 13.2 Å². The second-order valence-corrected chi connectivity index (χ2v) is 2.48. The molecule has 1 aromatic rings. The maximum absolute atomic E-state index is 12.5. The molecule has 0 bridgehead atoms. The first kappa shape index (κ1) is 9.32. The van der Waals surface area contributed by atoms with Crippen LogP contribution in [0.2, 0.25) is 5.02 Å². The molecule has 0 aliphatic heterocycles. The smallest absolute Gasteiger partial charge is 0.205 e. The van der Waals surface area contributed by atoms with Crippen LogP contribution in [0.3, 0.4) is 0 Å². The highest BCUT2D eigenvalue weighted by Gasteiger charge is 2.33. The lowest BCUT2D eigenvalue weighted by atomic mass is 10.2. The van der Waals surface area contributed by atoms with Crippen LogP contribution in [0, 0.1) is 5.82 Å². The number of hydrogen-bond acceptors (Lipinski definition) is 0. The van der Waals surface area contributed by atoms with Crippen LogP contribution >= 0.6 is 11.6 Å². The van der Waals surface area contributed by atoms with Gasteiger partial charge >= 0.3 is 6.18 Å². The summed E-state index contributed by atoms with van der Waals surface area (Å²) in [5.74, 6) is -1.06. The van der Waals surface area contributed by atoms with Crippen molar-refractivity contribution in [1.82, 2.24) is 0 Å². The van der Waals surface area contributed by atoms with Crippen LogP contribution in [0.4, 0.5) is 17.6 Å². The third-order valence-electron chi connectivity index (χ3n) is 1.26. The minimum absolute atomic E-state index is 0.728. The average Bonchev–Trinajstić information content (AvgIpc) is 1.92. The third-order valence-corrected chi connectivity index (χ3v) is 1.64. The zero-order chi connectivity index (χ0) is 9.35. The standard InChI is InChI=1S/C7H3ClF4/c8-6-4(7(10,11)12)2-1-3-5(6)9/h1-3H. The van der Waals surface area contributed by atoms with Crippen molar-refractivity contribution in [2.24, 2.45) is 0 Å². The van der Waals surface area contributed by atoms with Crippen molar-refractivity contribution in [3.8, 4) is 0 Å². The Bertz CT molecular complexity index is 292. The largest absolute Gasteiger partial charge is 0.417 e. The van der Waals surface area contributed by atoms with Gasteiger partial charge in [-0.3, -0.25) is 0 Å². The molecule has 1 aromatic carbocycles. The highest BCUT2D eigenvalue weighted by Crippen LogP contribution is 2.35. The summed E-state index contributed by atoms with van der Waals surface area (Å²) < 4.78 is 48.4. The summed E-state index contributed by atoms with van der Waals surface area (Å²) >= 11 is 5.08. The van der Waals surface area contributed by atoms with Gasteiger partial charge in [-0.15, -0.1) is 0 Å². The van der Waals surface area contributed by atoms with E-state index >= 15 is 0 Å². The van der Waals surface area contributed by atoms with Gasteiger partial charge in [0.05, 0.1) is 10.6 Å². The van der Waals surface area contributed by atoms with E-state index in [1.54, 1.807) is 0 Å². The number of rotatable bonds is 0. The van der Waals surface area contributed by atoms with Crippen LogP contribution in [-0.2, 0) is 6.18 Å². The highest BCUT2D eigenvalue weighted by atomic mass is 35.5. The Morgan fingerprint density at radius 3 is 2.17 bits per heavy atom. The number of benzene rings is 1. The van der Waals surface area contributed by atoms with E-state index in [1.807, 2.05) is 0 Å². The molecular weight excluding hydrogens is 196 g/mol. The predicted molar refractivity (Wildman–Crippen MR) is 36.4 cm³/mol. The van der Waals surface area contributed by atoms with Crippen LogP contribution in [0.25, 0.3) is 0 Å². The Balaban J connectivity index is 3.26. The molecule has 5 heteroatoms. The minimum atomic E-state index is -4.60. The Morgan fingerprint density at radius 1 is 1.17 bits per heavy atom. The van der Waals surface area contributed by atoms with E-state index in [4.69, 9.17) is 11.6 Å².